The maximum Gasteiger partial charge on any atom is 0.246 e. The van der Waals surface area contributed by atoms with E-state index in [0.29, 0.717) is 6.42 Å². The first-order chi connectivity index (χ1) is 11.8. The van der Waals surface area contributed by atoms with Gasteiger partial charge in [0, 0.05) is 18.5 Å². The molecule has 2 heteroatoms. The summed E-state index contributed by atoms with van der Waals surface area (Å²) in [4.78, 5) is 12.6. The van der Waals surface area contributed by atoms with Crippen molar-refractivity contribution in [2.45, 2.75) is 110 Å². The number of carbonyl (C=O) groups excluding carboxylic acids is 1. The molecule has 136 valence electrons. The Kier molecular flexibility index (Phi) is 16.9. The standard InChI is InChI=1S/C22H37NO/c1-4-7-8-9-10-11-12-13-14-15-16-17-18-19-20-21-22(24)23(5-2)6-3/h2-3H,4,7-21H2,1H3. The summed E-state index contributed by atoms with van der Waals surface area (Å²) in [7, 11) is 0. The van der Waals surface area contributed by atoms with E-state index in [2.05, 4.69) is 19.0 Å². The van der Waals surface area contributed by atoms with E-state index in [4.69, 9.17) is 12.8 Å². The maximum absolute atomic E-state index is 11.6. The number of terminal acetylenes is 2. The van der Waals surface area contributed by atoms with Gasteiger partial charge < -0.3 is 0 Å². The van der Waals surface area contributed by atoms with Crippen LogP contribution in [-0.2, 0) is 4.79 Å². The Hall–Kier alpha value is -1.41. The van der Waals surface area contributed by atoms with E-state index in [9.17, 15) is 4.79 Å². The third kappa shape index (κ3) is 14.2. The number of hydrogen-bond donors (Lipinski definition) is 0. The molecule has 0 N–H and O–H groups in total. The average molecular weight is 332 g/mol. The molecule has 1 amide bonds. The van der Waals surface area contributed by atoms with Gasteiger partial charge in [0.25, 0.3) is 0 Å². The minimum absolute atomic E-state index is 0.130. The number of amides is 1. The molecule has 0 spiro atoms. The molecule has 0 aromatic carbocycles. The summed E-state index contributed by atoms with van der Waals surface area (Å²) in [6.07, 6.45) is 30.5. The van der Waals surface area contributed by atoms with Crippen molar-refractivity contribution in [1.82, 2.24) is 4.90 Å². The van der Waals surface area contributed by atoms with Crippen LogP contribution in [0.1, 0.15) is 110 Å². The minimum atomic E-state index is -0.130. The van der Waals surface area contributed by atoms with Gasteiger partial charge in [-0.3, -0.25) is 4.79 Å². The van der Waals surface area contributed by atoms with E-state index in [1.165, 1.54) is 83.5 Å². The Labute approximate surface area is 150 Å². The second-order valence-corrected chi connectivity index (χ2v) is 6.69. The molecule has 0 rings (SSSR count). The molecule has 0 atom stereocenters. The lowest BCUT2D eigenvalue weighted by molar-refractivity contribution is -0.125. The van der Waals surface area contributed by atoms with E-state index < -0.39 is 0 Å². The first-order valence-electron chi connectivity index (χ1n) is 10.0. The molecule has 0 unspecified atom stereocenters. The van der Waals surface area contributed by atoms with Gasteiger partial charge in [0.05, 0.1) is 0 Å². The van der Waals surface area contributed by atoms with Crippen LogP contribution in [0, 0.1) is 24.9 Å². The highest BCUT2D eigenvalue weighted by Crippen LogP contribution is 2.13. The van der Waals surface area contributed by atoms with Crippen molar-refractivity contribution >= 4 is 5.91 Å². The SMILES string of the molecule is C#CN(C#C)C(=O)CCCCCCCCCCCCCCCCC. The Morgan fingerprint density at radius 2 is 1.00 bits per heavy atom. The van der Waals surface area contributed by atoms with Crippen molar-refractivity contribution in [2.24, 2.45) is 0 Å². The molecule has 0 saturated heterocycles. The third-order valence-electron chi connectivity index (χ3n) is 4.50. The van der Waals surface area contributed by atoms with Crippen LogP contribution in [0.25, 0.3) is 0 Å². The summed E-state index contributed by atoms with van der Waals surface area (Å²) in [5.41, 5.74) is 0. The zero-order chi connectivity index (χ0) is 17.9. The third-order valence-corrected chi connectivity index (χ3v) is 4.50. The summed E-state index contributed by atoms with van der Waals surface area (Å²) in [5.74, 6) is -0.130. The summed E-state index contributed by atoms with van der Waals surface area (Å²) in [5, 5.41) is 0. The number of hydrogen-bond acceptors (Lipinski definition) is 1. The number of unbranched alkanes of at least 4 members (excludes halogenated alkanes) is 14. The fourth-order valence-corrected chi connectivity index (χ4v) is 2.94. The topological polar surface area (TPSA) is 20.3 Å². The highest BCUT2D eigenvalue weighted by molar-refractivity contribution is 5.79. The van der Waals surface area contributed by atoms with Crippen LogP contribution in [-0.4, -0.2) is 10.8 Å². The Bertz CT molecular complexity index is 360. The molecule has 0 saturated carbocycles. The zero-order valence-corrected chi connectivity index (χ0v) is 15.8. The van der Waals surface area contributed by atoms with Crippen molar-refractivity contribution in [3.05, 3.63) is 0 Å². The van der Waals surface area contributed by atoms with E-state index in [-0.39, 0.29) is 5.91 Å². The summed E-state index contributed by atoms with van der Waals surface area (Å²) in [6, 6.07) is 4.40. The largest absolute Gasteiger partial charge is 0.273 e. The van der Waals surface area contributed by atoms with Gasteiger partial charge in [0.1, 0.15) is 0 Å². The van der Waals surface area contributed by atoms with E-state index >= 15 is 0 Å². The minimum Gasteiger partial charge on any atom is -0.273 e. The van der Waals surface area contributed by atoms with Crippen LogP contribution < -0.4 is 0 Å². The highest BCUT2D eigenvalue weighted by Gasteiger charge is 2.07. The van der Waals surface area contributed by atoms with Gasteiger partial charge in [-0.05, 0) is 6.42 Å². The van der Waals surface area contributed by atoms with Gasteiger partial charge in [0.15, 0.2) is 0 Å². The Morgan fingerprint density at radius 3 is 1.33 bits per heavy atom. The zero-order valence-electron chi connectivity index (χ0n) is 15.8. The summed E-state index contributed by atoms with van der Waals surface area (Å²) >= 11 is 0. The maximum atomic E-state index is 11.6. The lowest BCUT2D eigenvalue weighted by atomic mass is 10.0. The van der Waals surface area contributed by atoms with E-state index in [1.807, 2.05) is 0 Å². The fourth-order valence-electron chi connectivity index (χ4n) is 2.94. The second-order valence-electron chi connectivity index (χ2n) is 6.69. The van der Waals surface area contributed by atoms with Crippen LogP contribution in [0.3, 0.4) is 0 Å². The first kappa shape index (κ1) is 22.6. The van der Waals surface area contributed by atoms with Crippen molar-refractivity contribution in [3.63, 3.8) is 0 Å². The molecule has 2 nitrogen and oxygen atoms in total. The van der Waals surface area contributed by atoms with Gasteiger partial charge in [-0.2, -0.15) is 4.90 Å². The average Bonchev–Trinajstić information content (AvgIpc) is 2.59. The molecular formula is C22H37NO. The molecule has 0 radical (unpaired) electrons. The molecule has 0 aliphatic heterocycles. The van der Waals surface area contributed by atoms with E-state index in [1.54, 1.807) is 0 Å². The molecule has 0 bridgehead atoms. The van der Waals surface area contributed by atoms with Crippen molar-refractivity contribution in [2.75, 3.05) is 0 Å². The molecule has 0 fully saturated rings. The predicted molar refractivity (Wildman–Crippen MR) is 104 cm³/mol. The number of rotatable bonds is 16. The number of nitrogens with zero attached hydrogens (tertiary/aromatic N) is 1. The fraction of sp³-hybridized carbons (Fsp3) is 0.773. The number of carbonyl (C=O) groups is 1. The summed E-state index contributed by atoms with van der Waals surface area (Å²) < 4.78 is 0. The van der Waals surface area contributed by atoms with Gasteiger partial charge in [-0.15, -0.1) is 0 Å². The van der Waals surface area contributed by atoms with Crippen molar-refractivity contribution in [1.29, 1.82) is 0 Å². The van der Waals surface area contributed by atoms with Gasteiger partial charge in [0.2, 0.25) is 5.91 Å². The first-order valence-corrected chi connectivity index (χ1v) is 10.0. The Balaban J connectivity index is 3.20. The lowest BCUT2D eigenvalue weighted by Gasteiger charge is -2.06. The smallest absolute Gasteiger partial charge is 0.246 e. The van der Waals surface area contributed by atoms with Gasteiger partial charge in [-0.25, -0.2) is 0 Å². The second kappa shape index (κ2) is 17.9. The van der Waals surface area contributed by atoms with Crippen molar-refractivity contribution < 1.29 is 4.79 Å². The quantitative estimate of drug-likeness (QED) is 0.186. The molecule has 0 aliphatic carbocycles. The van der Waals surface area contributed by atoms with Crippen LogP contribution in [0.2, 0.25) is 0 Å². The molecule has 0 aromatic heterocycles. The lowest BCUT2D eigenvalue weighted by Crippen LogP contribution is -2.20. The van der Waals surface area contributed by atoms with Crippen LogP contribution in [0.15, 0.2) is 0 Å². The predicted octanol–water partition coefficient (Wildman–Crippen LogP) is 6.26. The highest BCUT2D eigenvalue weighted by atomic mass is 16.2. The molecular weight excluding hydrogens is 294 g/mol. The van der Waals surface area contributed by atoms with Gasteiger partial charge in [-0.1, -0.05) is 110 Å². The van der Waals surface area contributed by atoms with Crippen LogP contribution in [0.4, 0.5) is 0 Å². The van der Waals surface area contributed by atoms with Crippen LogP contribution >= 0.6 is 0 Å². The normalized spacial score (nSPS) is 10.1. The molecule has 0 aliphatic rings. The van der Waals surface area contributed by atoms with Crippen molar-refractivity contribution in [3.8, 4) is 24.9 Å². The monoisotopic (exact) mass is 331 g/mol. The molecule has 0 aromatic rings. The van der Waals surface area contributed by atoms with Gasteiger partial charge >= 0.3 is 0 Å². The van der Waals surface area contributed by atoms with Crippen LogP contribution in [0.5, 0.6) is 0 Å². The Morgan fingerprint density at radius 1 is 0.667 bits per heavy atom. The molecule has 24 heavy (non-hydrogen) atoms. The van der Waals surface area contributed by atoms with E-state index in [0.717, 1.165) is 17.7 Å². The molecule has 0 heterocycles. The summed E-state index contributed by atoms with van der Waals surface area (Å²) in [6.45, 7) is 2.27.